The first-order valence-corrected chi connectivity index (χ1v) is 7.15. The number of nitrogens with one attached hydrogen (secondary N) is 2. The molecule has 3 rings (SSSR count). The molecule has 114 valence electrons. The SMILES string of the molecule is CCOC1CCCN(c2nc3c([nH]2)c(=O)[nH]c(=O)n3C)C1. The van der Waals surface area contributed by atoms with Crippen LogP contribution in [0.25, 0.3) is 11.2 Å². The second-order valence-electron chi connectivity index (χ2n) is 5.24. The molecule has 0 bridgehead atoms. The van der Waals surface area contributed by atoms with Gasteiger partial charge in [0.2, 0.25) is 5.95 Å². The lowest BCUT2D eigenvalue weighted by Gasteiger charge is -2.32. The fourth-order valence-corrected chi connectivity index (χ4v) is 2.74. The predicted octanol–water partition coefficient (Wildman–Crippen LogP) is -0.0448. The summed E-state index contributed by atoms with van der Waals surface area (Å²) in [5.74, 6) is 0.612. The molecule has 0 amide bonds. The summed E-state index contributed by atoms with van der Waals surface area (Å²) < 4.78 is 7.00. The smallest absolute Gasteiger partial charge is 0.329 e. The van der Waals surface area contributed by atoms with Gasteiger partial charge >= 0.3 is 5.69 Å². The van der Waals surface area contributed by atoms with E-state index in [0.717, 1.165) is 25.9 Å². The molecule has 8 heteroatoms. The van der Waals surface area contributed by atoms with Gasteiger partial charge in [0, 0.05) is 26.7 Å². The van der Waals surface area contributed by atoms with Gasteiger partial charge in [-0.05, 0) is 19.8 Å². The van der Waals surface area contributed by atoms with Gasteiger partial charge in [0.15, 0.2) is 11.2 Å². The molecular formula is C13H19N5O3. The van der Waals surface area contributed by atoms with Crippen molar-refractivity contribution in [3.05, 3.63) is 20.8 Å². The highest BCUT2D eigenvalue weighted by Gasteiger charge is 2.23. The number of rotatable bonds is 3. The zero-order chi connectivity index (χ0) is 15.0. The third-order valence-electron chi connectivity index (χ3n) is 3.82. The summed E-state index contributed by atoms with van der Waals surface area (Å²) in [5.41, 5.74) is -0.204. The number of fused-ring (bicyclic) bond motifs is 1. The Morgan fingerprint density at radius 3 is 2.95 bits per heavy atom. The molecule has 1 fully saturated rings. The molecule has 0 spiro atoms. The first kappa shape index (κ1) is 13.9. The lowest BCUT2D eigenvalue weighted by molar-refractivity contribution is 0.0524. The number of piperidine rings is 1. The normalized spacial score (nSPS) is 19.3. The quantitative estimate of drug-likeness (QED) is 0.827. The molecule has 2 N–H and O–H groups in total. The van der Waals surface area contributed by atoms with Crippen molar-refractivity contribution in [2.75, 3.05) is 24.6 Å². The van der Waals surface area contributed by atoms with Gasteiger partial charge in [-0.15, -0.1) is 0 Å². The highest BCUT2D eigenvalue weighted by Crippen LogP contribution is 2.20. The number of aryl methyl sites for hydroxylation is 1. The summed E-state index contributed by atoms with van der Waals surface area (Å²) in [4.78, 5) is 35.2. The van der Waals surface area contributed by atoms with E-state index in [-0.39, 0.29) is 6.10 Å². The largest absolute Gasteiger partial charge is 0.377 e. The van der Waals surface area contributed by atoms with E-state index in [1.807, 2.05) is 6.92 Å². The average molecular weight is 293 g/mol. The molecule has 8 nitrogen and oxygen atoms in total. The van der Waals surface area contributed by atoms with E-state index in [0.29, 0.717) is 23.7 Å². The van der Waals surface area contributed by atoms with Crippen molar-refractivity contribution in [2.24, 2.45) is 7.05 Å². The Kier molecular flexibility index (Phi) is 3.54. The van der Waals surface area contributed by atoms with Gasteiger partial charge < -0.3 is 14.6 Å². The van der Waals surface area contributed by atoms with Crippen molar-refractivity contribution in [1.82, 2.24) is 19.5 Å². The lowest BCUT2D eigenvalue weighted by atomic mass is 10.1. The first-order valence-electron chi connectivity index (χ1n) is 7.15. The maximum Gasteiger partial charge on any atom is 0.329 e. The van der Waals surface area contributed by atoms with Crippen molar-refractivity contribution in [3.63, 3.8) is 0 Å². The molecule has 0 aromatic carbocycles. The predicted molar refractivity (Wildman–Crippen MR) is 78.8 cm³/mol. The van der Waals surface area contributed by atoms with Crippen molar-refractivity contribution in [1.29, 1.82) is 0 Å². The Bertz CT molecular complexity index is 757. The molecule has 1 aliphatic heterocycles. The van der Waals surface area contributed by atoms with Crippen LogP contribution in [0.1, 0.15) is 19.8 Å². The topological polar surface area (TPSA) is 96.0 Å². The van der Waals surface area contributed by atoms with E-state index in [2.05, 4.69) is 19.9 Å². The summed E-state index contributed by atoms with van der Waals surface area (Å²) >= 11 is 0. The van der Waals surface area contributed by atoms with Crippen LogP contribution in [0.4, 0.5) is 5.95 Å². The molecule has 1 saturated heterocycles. The minimum absolute atomic E-state index is 0.180. The van der Waals surface area contributed by atoms with E-state index in [4.69, 9.17) is 4.74 Å². The van der Waals surface area contributed by atoms with Crippen molar-refractivity contribution in [3.8, 4) is 0 Å². The molecule has 0 saturated carbocycles. The zero-order valence-electron chi connectivity index (χ0n) is 12.2. The standard InChI is InChI=1S/C13H19N5O3/c1-3-21-8-5-4-6-18(7-8)12-14-9-10(15-12)17(2)13(20)16-11(9)19/h8H,3-7H2,1-2H3,(H,14,15)(H,16,19,20). The average Bonchev–Trinajstić information content (AvgIpc) is 2.91. The number of hydrogen-bond donors (Lipinski definition) is 2. The fourth-order valence-electron chi connectivity index (χ4n) is 2.74. The van der Waals surface area contributed by atoms with Gasteiger partial charge in [-0.2, -0.15) is 4.98 Å². The van der Waals surface area contributed by atoms with E-state index in [1.54, 1.807) is 7.05 Å². The molecule has 1 aliphatic rings. The maximum absolute atomic E-state index is 11.8. The number of imidazole rings is 1. The molecule has 1 unspecified atom stereocenters. The van der Waals surface area contributed by atoms with Gasteiger partial charge in [0.1, 0.15) is 0 Å². The number of aromatic amines is 2. The Morgan fingerprint density at radius 1 is 1.38 bits per heavy atom. The Labute approximate surface area is 120 Å². The van der Waals surface area contributed by atoms with Crippen LogP contribution in [-0.2, 0) is 11.8 Å². The van der Waals surface area contributed by atoms with Gasteiger partial charge in [-0.3, -0.25) is 14.3 Å². The number of aromatic nitrogens is 4. The maximum atomic E-state index is 11.8. The molecule has 0 radical (unpaired) electrons. The van der Waals surface area contributed by atoms with Crippen LogP contribution in [0, 0.1) is 0 Å². The van der Waals surface area contributed by atoms with Crippen LogP contribution in [0.5, 0.6) is 0 Å². The molecule has 3 heterocycles. The summed E-state index contributed by atoms with van der Waals surface area (Å²) in [6.07, 6.45) is 2.22. The van der Waals surface area contributed by atoms with Crippen molar-refractivity contribution >= 4 is 17.1 Å². The molecule has 2 aromatic heterocycles. The van der Waals surface area contributed by atoms with Crippen molar-refractivity contribution in [2.45, 2.75) is 25.9 Å². The first-order chi connectivity index (χ1) is 10.1. The third kappa shape index (κ3) is 2.46. The highest BCUT2D eigenvalue weighted by atomic mass is 16.5. The van der Waals surface area contributed by atoms with Crippen LogP contribution in [0.3, 0.4) is 0 Å². The van der Waals surface area contributed by atoms with Crippen molar-refractivity contribution < 1.29 is 4.74 Å². The monoisotopic (exact) mass is 293 g/mol. The van der Waals surface area contributed by atoms with Crippen LogP contribution < -0.4 is 16.1 Å². The van der Waals surface area contributed by atoms with Gasteiger partial charge in [0.05, 0.1) is 6.10 Å². The second-order valence-corrected chi connectivity index (χ2v) is 5.24. The molecule has 1 atom stereocenters. The lowest BCUT2D eigenvalue weighted by Crippen LogP contribution is -2.40. The Hall–Kier alpha value is -2.09. The minimum Gasteiger partial charge on any atom is -0.377 e. The van der Waals surface area contributed by atoms with E-state index in [1.165, 1.54) is 4.57 Å². The minimum atomic E-state index is -0.462. The van der Waals surface area contributed by atoms with Crippen LogP contribution in [0.15, 0.2) is 9.59 Å². The summed E-state index contributed by atoms with van der Waals surface area (Å²) in [6.45, 7) is 4.26. The number of ether oxygens (including phenoxy) is 1. The zero-order valence-corrected chi connectivity index (χ0v) is 12.2. The van der Waals surface area contributed by atoms with Gasteiger partial charge in [-0.25, -0.2) is 4.79 Å². The summed E-state index contributed by atoms with van der Waals surface area (Å²) in [7, 11) is 1.59. The van der Waals surface area contributed by atoms with E-state index < -0.39 is 11.2 Å². The van der Waals surface area contributed by atoms with E-state index >= 15 is 0 Å². The second kappa shape index (κ2) is 5.36. The Balaban J connectivity index is 1.98. The highest BCUT2D eigenvalue weighted by molar-refractivity contribution is 5.72. The number of anilines is 1. The molecular weight excluding hydrogens is 274 g/mol. The number of hydrogen-bond acceptors (Lipinski definition) is 5. The van der Waals surface area contributed by atoms with Gasteiger partial charge in [0.25, 0.3) is 5.56 Å². The molecule has 2 aromatic rings. The number of H-pyrrole nitrogens is 2. The summed E-state index contributed by atoms with van der Waals surface area (Å²) in [6, 6.07) is 0. The number of nitrogens with zero attached hydrogens (tertiary/aromatic N) is 3. The summed E-state index contributed by atoms with van der Waals surface area (Å²) in [5, 5.41) is 0. The Morgan fingerprint density at radius 2 is 2.19 bits per heavy atom. The van der Waals surface area contributed by atoms with Crippen LogP contribution >= 0.6 is 0 Å². The molecule has 21 heavy (non-hydrogen) atoms. The van der Waals surface area contributed by atoms with Crippen LogP contribution in [-0.4, -0.2) is 45.3 Å². The fraction of sp³-hybridized carbons (Fsp3) is 0.615. The van der Waals surface area contributed by atoms with E-state index in [9.17, 15) is 9.59 Å². The van der Waals surface area contributed by atoms with Crippen LogP contribution in [0.2, 0.25) is 0 Å². The third-order valence-corrected chi connectivity index (χ3v) is 3.82. The van der Waals surface area contributed by atoms with Gasteiger partial charge in [-0.1, -0.05) is 0 Å². The molecule has 0 aliphatic carbocycles.